The summed E-state index contributed by atoms with van der Waals surface area (Å²) in [5.74, 6) is -2.66. The third-order valence-corrected chi connectivity index (χ3v) is 10.8. The number of hydrogen-bond donors (Lipinski definition) is 2. The largest absolute Gasteiger partial charge is 0.481 e. The molecule has 0 aliphatic heterocycles. The molecule has 8 rings (SSSR count). The molecule has 3 fully saturated rings. The van der Waals surface area contributed by atoms with Crippen LogP contribution in [-0.2, 0) is 21.9 Å². The van der Waals surface area contributed by atoms with Gasteiger partial charge in [-0.25, -0.2) is 31.1 Å². The van der Waals surface area contributed by atoms with Crippen LogP contribution in [0.5, 0.6) is 0 Å². The number of halogens is 2. The lowest BCUT2D eigenvalue weighted by Crippen LogP contribution is -2.51. The van der Waals surface area contributed by atoms with Gasteiger partial charge in [-0.2, -0.15) is 0 Å². The number of carboxylic acid groups (broad SMARTS) is 1. The molecule has 3 saturated carbocycles. The van der Waals surface area contributed by atoms with Gasteiger partial charge in [0.2, 0.25) is 0 Å². The molecule has 3 aliphatic rings. The Morgan fingerprint density at radius 3 is 2.40 bits per heavy atom. The maximum atomic E-state index is 15.4. The molecule has 0 radical (unpaired) electrons. The van der Waals surface area contributed by atoms with Crippen molar-refractivity contribution in [1.29, 1.82) is 0 Å². The van der Waals surface area contributed by atoms with Crippen LogP contribution < -0.4 is 5.32 Å². The molecule has 3 heterocycles. The molecular weight excluding hydrogens is 576 g/mol. The highest BCUT2D eigenvalue weighted by Crippen LogP contribution is 2.47. The van der Waals surface area contributed by atoms with Crippen molar-refractivity contribution in [2.75, 3.05) is 5.32 Å². The number of rotatable bonds is 6. The molecule has 2 N–H and O–H groups in total. The number of carboxylic acids is 1. The van der Waals surface area contributed by atoms with E-state index in [0.29, 0.717) is 22.9 Å². The summed E-state index contributed by atoms with van der Waals surface area (Å²) in [6, 6.07) is 9.33. The molecular formula is C31H29F2N5O4S. The Balaban J connectivity index is 1.42. The van der Waals surface area contributed by atoms with Gasteiger partial charge in [-0.1, -0.05) is 17.7 Å². The Morgan fingerprint density at radius 2 is 1.70 bits per heavy atom. The third-order valence-electron chi connectivity index (χ3n) is 9.14. The average Bonchev–Trinajstić information content (AvgIpc) is 3.55. The monoisotopic (exact) mass is 605 g/mol. The van der Waals surface area contributed by atoms with Crippen LogP contribution >= 0.6 is 0 Å². The van der Waals surface area contributed by atoms with E-state index in [1.165, 1.54) is 18.3 Å². The normalized spacial score (nSPS) is 22.0. The van der Waals surface area contributed by atoms with Crippen LogP contribution in [0, 0.1) is 36.3 Å². The molecule has 12 heteroatoms. The molecule has 3 aromatic heterocycles. The molecule has 2 bridgehead atoms. The lowest BCUT2D eigenvalue weighted by molar-refractivity contribution is -0.148. The molecule has 0 amide bonds. The second kappa shape index (κ2) is 9.87. The third kappa shape index (κ3) is 4.38. The van der Waals surface area contributed by atoms with Crippen LogP contribution in [-0.4, -0.2) is 44.0 Å². The van der Waals surface area contributed by atoms with E-state index in [1.807, 2.05) is 13.0 Å². The standard InChI is InChI=1S/C31H29F2N5O4S/c1-16-3-9-20(10-4-16)43(41,42)38-15-23(22-13-19(32)14-24(33)27(22)38)29-35-28(21-11-12-37(2)30(21)36-29)34-26-18-7-5-17(6-8-18)25(26)31(39)40/h3-4,9-15,17-18,25-26H,5-8H2,1-2H3,(H,39,40)(H,34,35,36). The minimum absolute atomic E-state index is 0.00664. The predicted molar refractivity (Wildman–Crippen MR) is 157 cm³/mol. The molecule has 3 aliphatic carbocycles. The van der Waals surface area contributed by atoms with E-state index in [-0.39, 0.29) is 45.1 Å². The smallest absolute Gasteiger partial charge is 0.308 e. The number of nitrogens with one attached hydrogen (secondary N) is 1. The fourth-order valence-corrected chi connectivity index (χ4v) is 8.35. The van der Waals surface area contributed by atoms with Gasteiger partial charge in [-0.15, -0.1) is 0 Å². The summed E-state index contributed by atoms with van der Waals surface area (Å²) in [6.45, 7) is 1.82. The first-order valence-corrected chi connectivity index (χ1v) is 15.6. The molecule has 0 saturated heterocycles. The van der Waals surface area contributed by atoms with Crippen molar-refractivity contribution >= 4 is 43.7 Å². The van der Waals surface area contributed by atoms with E-state index >= 15 is 4.39 Å². The second-order valence-corrected chi connectivity index (χ2v) is 13.5. The Bertz CT molecular complexity index is 2030. The number of aliphatic carboxylic acids is 1. The lowest BCUT2D eigenvalue weighted by atomic mass is 9.61. The number of carbonyl (C=O) groups is 1. The van der Waals surface area contributed by atoms with Gasteiger partial charge in [-0.3, -0.25) is 4.79 Å². The summed E-state index contributed by atoms with van der Waals surface area (Å²) in [4.78, 5) is 21.7. The fourth-order valence-electron chi connectivity index (χ4n) is 6.98. The summed E-state index contributed by atoms with van der Waals surface area (Å²) < 4.78 is 60.1. The molecule has 5 aromatic rings. The van der Waals surface area contributed by atoms with Gasteiger partial charge in [0.25, 0.3) is 10.0 Å². The molecule has 222 valence electrons. The number of benzene rings is 2. The summed E-state index contributed by atoms with van der Waals surface area (Å²) in [5, 5.41) is 14.2. The number of nitrogens with zero attached hydrogens (tertiary/aromatic N) is 4. The van der Waals surface area contributed by atoms with Gasteiger partial charge in [-0.05, 0) is 68.7 Å². The molecule has 2 aromatic carbocycles. The van der Waals surface area contributed by atoms with E-state index < -0.39 is 33.5 Å². The minimum atomic E-state index is -4.29. The van der Waals surface area contributed by atoms with Crippen LogP contribution in [0.2, 0.25) is 0 Å². The summed E-state index contributed by atoms with van der Waals surface area (Å²) >= 11 is 0. The lowest BCUT2D eigenvalue weighted by Gasteiger charge is -2.47. The van der Waals surface area contributed by atoms with E-state index in [4.69, 9.17) is 9.97 Å². The SMILES string of the molecule is Cc1ccc(S(=O)(=O)n2cc(-c3nc(NC4C5CCC(CC5)C4C(=O)O)c4ccn(C)c4n3)c3cc(F)cc(F)c32)cc1. The highest BCUT2D eigenvalue weighted by Gasteiger charge is 2.47. The van der Waals surface area contributed by atoms with Crippen molar-refractivity contribution in [2.24, 2.45) is 24.8 Å². The van der Waals surface area contributed by atoms with E-state index in [1.54, 1.807) is 29.9 Å². The topological polar surface area (TPSA) is 119 Å². The number of hydrogen-bond acceptors (Lipinski definition) is 6. The predicted octanol–water partition coefficient (Wildman–Crippen LogP) is 5.71. The number of aryl methyl sites for hydroxylation is 2. The Hall–Kier alpha value is -4.32. The molecule has 0 spiro atoms. The van der Waals surface area contributed by atoms with Crippen LogP contribution in [0.25, 0.3) is 33.3 Å². The Labute approximate surface area is 246 Å². The highest BCUT2D eigenvalue weighted by molar-refractivity contribution is 7.90. The second-order valence-electron chi connectivity index (χ2n) is 11.7. The van der Waals surface area contributed by atoms with Gasteiger partial charge in [0.1, 0.15) is 22.8 Å². The average molecular weight is 606 g/mol. The number of aromatic nitrogens is 4. The maximum absolute atomic E-state index is 15.4. The molecule has 2 atom stereocenters. The first-order chi connectivity index (χ1) is 20.5. The highest BCUT2D eigenvalue weighted by atomic mass is 32.2. The van der Waals surface area contributed by atoms with Crippen LogP contribution in [0.4, 0.5) is 14.6 Å². The van der Waals surface area contributed by atoms with Crippen molar-refractivity contribution in [2.45, 2.75) is 43.5 Å². The van der Waals surface area contributed by atoms with Crippen molar-refractivity contribution in [3.8, 4) is 11.4 Å². The fraction of sp³-hybridized carbons (Fsp3) is 0.323. The van der Waals surface area contributed by atoms with Gasteiger partial charge in [0, 0.05) is 42.5 Å². The number of fused-ring (bicyclic) bond motifs is 5. The summed E-state index contributed by atoms with van der Waals surface area (Å²) in [5.41, 5.74) is 1.15. The van der Waals surface area contributed by atoms with Crippen LogP contribution in [0.15, 0.2) is 59.8 Å². The molecule has 43 heavy (non-hydrogen) atoms. The van der Waals surface area contributed by atoms with Crippen molar-refractivity contribution in [3.05, 3.63) is 72.1 Å². The maximum Gasteiger partial charge on any atom is 0.308 e. The van der Waals surface area contributed by atoms with E-state index in [0.717, 1.165) is 41.3 Å². The summed E-state index contributed by atoms with van der Waals surface area (Å²) in [7, 11) is -2.50. The van der Waals surface area contributed by atoms with Gasteiger partial charge in [0.05, 0.1) is 16.2 Å². The number of anilines is 1. The zero-order valence-electron chi connectivity index (χ0n) is 23.5. The zero-order chi connectivity index (χ0) is 30.2. The van der Waals surface area contributed by atoms with Crippen LogP contribution in [0.3, 0.4) is 0 Å². The Morgan fingerprint density at radius 1 is 1.00 bits per heavy atom. The quantitative estimate of drug-likeness (QED) is 0.254. The van der Waals surface area contributed by atoms with Crippen molar-refractivity contribution < 1.29 is 27.1 Å². The van der Waals surface area contributed by atoms with Crippen LogP contribution in [0.1, 0.15) is 31.2 Å². The van der Waals surface area contributed by atoms with Gasteiger partial charge < -0.3 is 15.0 Å². The molecule has 2 unspecified atom stereocenters. The minimum Gasteiger partial charge on any atom is -0.481 e. The first-order valence-electron chi connectivity index (χ1n) is 14.2. The van der Waals surface area contributed by atoms with Gasteiger partial charge in [0.15, 0.2) is 11.6 Å². The van der Waals surface area contributed by atoms with Gasteiger partial charge >= 0.3 is 5.97 Å². The van der Waals surface area contributed by atoms with E-state index in [2.05, 4.69) is 5.32 Å². The van der Waals surface area contributed by atoms with E-state index in [9.17, 15) is 22.7 Å². The molecule has 9 nitrogen and oxygen atoms in total. The summed E-state index contributed by atoms with van der Waals surface area (Å²) in [6.07, 6.45) is 6.61. The van der Waals surface area contributed by atoms with Crippen molar-refractivity contribution in [1.82, 2.24) is 18.5 Å². The first kappa shape index (κ1) is 27.5. The van der Waals surface area contributed by atoms with Crippen molar-refractivity contribution in [3.63, 3.8) is 0 Å². The zero-order valence-corrected chi connectivity index (χ0v) is 24.3. The Kier molecular flexibility index (Phi) is 6.31.